The van der Waals surface area contributed by atoms with E-state index in [1.165, 1.54) is 12.1 Å². The standard InChI is InChI=1S/C24H20FN3O2/c1-2-16-8-10-18(11-9-16)22(29)26-21(17-12-14-20(25)15-13-17)24-28-27-23(30-24)19-6-4-3-5-7-19/h3-15,21H,2H2,1H3,(H,26,29)/t21-/m0/s1. The van der Waals surface area contributed by atoms with Crippen molar-refractivity contribution in [3.05, 3.63) is 107 Å². The van der Waals surface area contributed by atoms with E-state index in [1.54, 1.807) is 24.3 Å². The molecule has 0 spiro atoms. The van der Waals surface area contributed by atoms with Crippen LogP contribution in [0, 0.1) is 5.82 Å². The molecule has 0 radical (unpaired) electrons. The van der Waals surface area contributed by atoms with Crippen molar-refractivity contribution in [1.29, 1.82) is 0 Å². The monoisotopic (exact) mass is 401 g/mol. The molecule has 1 N–H and O–H groups in total. The van der Waals surface area contributed by atoms with Crippen molar-refractivity contribution in [3.63, 3.8) is 0 Å². The predicted octanol–water partition coefficient (Wildman–Crippen LogP) is 4.96. The first-order valence-corrected chi connectivity index (χ1v) is 9.68. The minimum Gasteiger partial charge on any atom is -0.418 e. The average molecular weight is 401 g/mol. The van der Waals surface area contributed by atoms with Crippen LogP contribution in [0.15, 0.2) is 83.3 Å². The highest BCUT2D eigenvalue weighted by Gasteiger charge is 2.24. The highest BCUT2D eigenvalue weighted by Crippen LogP contribution is 2.25. The highest BCUT2D eigenvalue weighted by atomic mass is 19.1. The largest absolute Gasteiger partial charge is 0.418 e. The number of carbonyl (C=O) groups excluding carboxylic acids is 1. The number of halogens is 1. The molecule has 4 rings (SSSR count). The molecular formula is C24H20FN3O2. The molecule has 4 aromatic rings. The Bertz CT molecular complexity index is 1120. The van der Waals surface area contributed by atoms with Gasteiger partial charge in [-0.3, -0.25) is 4.79 Å². The zero-order chi connectivity index (χ0) is 20.9. The topological polar surface area (TPSA) is 68.0 Å². The zero-order valence-corrected chi connectivity index (χ0v) is 16.4. The molecule has 0 aliphatic heterocycles. The Balaban J connectivity index is 1.65. The van der Waals surface area contributed by atoms with Gasteiger partial charge in [-0.05, 0) is 53.9 Å². The van der Waals surface area contributed by atoms with Gasteiger partial charge in [0.25, 0.3) is 5.91 Å². The maximum absolute atomic E-state index is 13.4. The summed E-state index contributed by atoms with van der Waals surface area (Å²) in [5.41, 5.74) is 3.07. The molecule has 0 saturated heterocycles. The first-order valence-electron chi connectivity index (χ1n) is 9.68. The van der Waals surface area contributed by atoms with Crippen LogP contribution < -0.4 is 5.32 Å². The number of nitrogens with zero attached hydrogens (tertiary/aromatic N) is 2. The lowest BCUT2D eigenvalue weighted by molar-refractivity contribution is 0.0938. The van der Waals surface area contributed by atoms with Gasteiger partial charge < -0.3 is 9.73 Å². The number of aromatic nitrogens is 2. The Morgan fingerprint density at radius 1 is 0.967 bits per heavy atom. The van der Waals surface area contributed by atoms with Crippen molar-refractivity contribution in [1.82, 2.24) is 15.5 Å². The van der Waals surface area contributed by atoms with Crippen LogP contribution in [0.5, 0.6) is 0 Å². The molecule has 0 saturated carbocycles. The first-order chi connectivity index (χ1) is 14.6. The van der Waals surface area contributed by atoms with Crippen molar-refractivity contribution >= 4 is 5.91 Å². The number of benzene rings is 3. The number of rotatable bonds is 6. The normalized spacial score (nSPS) is 11.8. The van der Waals surface area contributed by atoms with Gasteiger partial charge in [0.05, 0.1) is 0 Å². The quantitative estimate of drug-likeness (QED) is 0.496. The molecule has 0 aliphatic carbocycles. The van der Waals surface area contributed by atoms with Gasteiger partial charge in [-0.2, -0.15) is 0 Å². The summed E-state index contributed by atoms with van der Waals surface area (Å²) in [6.07, 6.45) is 0.893. The summed E-state index contributed by atoms with van der Waals surface area (Å²) < 4.78 is 19.3. The van der Waals surface area contributed by atoms with Crippen molar-refractivity contribution in [3.8, 4) is 11.5 Å². The molecule has 0 fully saturated rings. The van der Waals surface area contributed by atoms with E-state index < -0.39 is 6.04 Å². The average Bonchev–Trinajstić information content (AvgIpc) is 3.29. The van der Waals surface area contributed by atoms with E-state index in [9.17, 15) is 9.18 Å². The lowest BCUT2D eigenvalue weighted by Crippen LogP contribution is -2.29. The third-order valence-corrected chi connectivity index (χ3v) is 4.81. The molecule has 6 heteroatoms. The Hall–Kier alpha value is -3.80. The van der Waals surface area contributed by atoms with Gasteiger partial charge in [0, 0.05) is 11.1 Å². The second-order valence-electron chi connectivity index (χ2n) is 6.82. The Morgan fingerprint density at radius 3 is 2.33 bits per heavy atom. The van der Waals surface area contributed by atoms with E-state index in [0.29, 0.717) is 17.0 Å². The Labute approximate surface area is 173 Å². The van der Waals surface area contributed by atoms with E-state index in [2.05, 4.69) is 22.4 Å². The molecule has 1 heterocycles. The second-order valence-corrected chi connectivity index (χ2v) is 6.82. The summed E-state index contributed by atoms with van der Waals surface area (Å²) in [5, 5.41) is 11.2. The van der Waals surface area contributed by atoms with Crippen LogP contribution >= 0.6 is 0 Å². The predicted molar refractivity (Wildman–Crippen MR) is 111 cm³/mol. The molecule has 0 aliphatic rings. The highest BCUT2D eigenvalue weighted by molar-refractivity contribution is 5.94. The summed E-state index contributed by atoms with van der Waals surface area (Å²) in [4.78, 5) is 12.9. The fourth-order valence-corrected chi connectivity index (χ4v) is 3.10. The van der Waals surface area contributed by atoms with Gasteiger partial charge in [-0.1, -0.05) is 49.4 Å². The van der Waals surface area contributed by atoms with E-state index in [1.807, 2.05) is 42.5 Å². The van der Waals surface area contributed by atoms with E-state index >= 15 is 0 Å². The summed E-state index contributed by atoms with van der Waals surface area (Å²) in [5.74, 6) is -0.0841. The molecule has 5 nitrogen and oxygen atoms in total. The Kier molecular flexibility index (Phi) is 5.66. The number of aryl methyl sites for hydroxylation is 1. The molecule has 30 heavy (non-hydrogen) atoms. The van der Waals surface area contributed by atoms with Gasteiger partial charge in [0.15, 0.2) is 0 Å². The SMILES string of the molecule is CCc1ccc(C(=O)N[C@@H](c2ccc(F)cc2)c2nnc(-c3ccccc3)o2)cc1. The number of amides is 1. The number of hydrogen-bond acceptors (Lipinski definition) is 4. The maximum atomic E-state index is 13.4. The fraction of sp³-hybridized carbons (Fsp3) is 0.125. The Morgan fingerprint density at radius 2 is 1.67 bits per heavy atom. The third-order valence-electron chi connectivity index (χ3n) is 4.81. The molecule has 1 atom stereocenters. The van der Waals surface area contributed by atoms with Crippen LogP contribution in [0.1, 0.15) is 40.3 Å². The minimum absolute atomic E-state index is 0.221. The van der Waals surface area contributed by atoms with E-state index in [0.717, 1.165) is 17.5 Å². The second kappa shape index (κ2) is 8.69. The number of hydrogen-bond donors (Lipinski definition) is 1. The van der Waals surface area contributed by atoms with E-state index in [4.69, 9.17) is 4.42 Å². The maximum Gasteiger partial charge on any atom is 0.252 e. The van der Waals surface area contributed by atoms with Crippen LogP contribution in [0.4, 0.5) is 4.39 Å². The molecule has 150 valence electrons. The first kappa shape index (κ1) is 19.5. The summed E-state index contributed by atoms with van der Waals surface area (Å²) in [6, 6.07) is 21.9. The summed E-state index contributed by atoms with van der Waals surface area (Å²) in [6.45, 7) is 2.06. The zero-order valence-electron chi connectivity index (χ0n) is 16.4. The molecular weight excluding hydrogens is 381 g/mol. The van der Waals surface area contributed by atoms with Crippen LogP contribution in [0.3, 0.4) is 0 Å². The minimum atomic E-state index is -0.714. The van der Waals surface area contributed by atoms with Crippen LogP contribution in [-0.2, 0) is 6.42 Å². The smallest absolute Gasteiger partial charge is 0.252 e. The molecule has 1 amide bonds. The van der Waals surface area contributed by atoms with Gasteiger partial charge in [0.2, 0.25) is 11.8 Å². The summed E-state index contributed by atoms with van der Waals surface area (Å²) >= 11 is 0. The van der Waals surface area contributed by atoms with Crippen molar-refractivity contribution < 1.29 is 13.6 Å². The number of nitrogens with one attached hydrogen (secondary N) is 1. The third kappa shape index (κ3) is 4.27. The van der Waals surface area contributed by atoms with Crippen molar-refractivity contribution in [2.75, 3.05) is 0 Å². The lowest BCUT2D eigenvalue weighted by atomic mass is 10.1. The van der Waals surface area contributed by atoms with Gasteiger partial charge >= 0.3 is 0 Å². The van der Waals surface area contributed by atoms with Crippen molar-refractivity contribution in [2.45, 2.75) is 19.4 Å². The molecule has 0 unspecified atom stereocenters. The van der Waals surface area contributed by atoms with Gasteiger partial charge in [-0.25, -0.2) is 4.39 Å². The molecule has 0 bridgehead atoms. The number of carbonyl (C=O) groups is 1. The summed E-state index contributed by atoms with van der Waals surface area (Å²) in [7, 11) is 0. The van der Waals surface area contributed by atoms with Crippen LogP contribution in [0.25, 0.3) is 11.5 Å². The lowest BCUT2D eigenvalue weighted by Gasteiger charge is -2.16. The fourth-order valence-electron chi connectivity index (χ4n) is 3.10. The van der Waals surface area contributed by atoms with Gasteiger partial charge in [-0.15, -0.1) is 10.2 Å². The molecule has 3 aromatic carbocycles. The van der Waals surface area contributed by atoms with Crippen LogP contribution in [0.2, 0.25) is 0 Å². The molecule has 1 aromatic heterocycles. The van der Waals surface area contributed by atoms with E-state index in [-0.39, 0.29) is 17.6 Å². The van der Waals surface area contributed by atoms with Gasteiger partial charge in [0.1, 0.15) is 11.9 Å². The van der Waals surface area contributed by atoms with Crippen LogP contribution in [-0.4, -0.2) is 16.1 Å². The van der Waals surface area contributed by atoms with Crippen molar-refractivity contribution in [2.24, 2.45) is 0 Å².